The van der Waals surface area contributed by atoms with Crippen LogP contribution in [-0.4, -0.2) is 101 Å². The van der Waals surface area contributed by atoms with Gasteiger partial charge in [-0.15, -0.1) is 0 Å². The largest absolute Gasteiger partial charge is 0.513 e. The van der Waals surface area contributed by atoms with Crippen LogP contribution in [0, 0.1) is 0 Å². The van der Waals surface area contributed by atoms with Gasteiger partial charge in [0.1, 0.15) is 5.69 Å². The first-order valence-electron chi connectivity index (χ1n) is 12.8. The lowest BCUT2D eigenvalue weighted by molar-refractivity contribution is -0.183. The number of likely N-dealkylation sites (N-methyl/N-ethyl adjacent to an activating group) is 1. The first-order valence-corrected chi connectivity index (χ1v) is 12.8. The van der Waals surface area contributed by atoms with Gasteiger partial charge in [-0.3, -0.25) is 14.4 Å². The standard InChI is InChI=1S/C27H37N3O11/c1-6-37-26(33)40-24-19-10-8-18(9-11-20(19)25(23(24)28)41-27(34)38-7-2)16-21(31)29(3)39-17-22(32)30(12-14-35-4)13-15-36-5/h8-11H,6-7,12-17,28H2,1-5H3. The van der Waals surface area contributed by atoms with E-state index in [0.29, 0.717) is 43.0 Å². The van der Waals surface area contributed by atoms with E-state index in [4.69, 9.17) is 39.0 Å². The average Bonchev–Trinajstić information content (AvgIpc) is 3.06. The van der Waals surface area contributed by atoms with Gasteiger partial charge >= 0.3 is 12.3 Å². The highest BCUT2D eigenvalue weighted by Crippen LogP contribution is 2.50. The van der Waals surface area contributed by atoms with Gasteiger partial charge in [-0.2, -0.15) is 0 Å². The second-order valence-corrected chi connectivity index (χ2v) is 8.42. The summed E-state index contributed by atoms with van der Waals surface area (Å²) in [6, 6.07) is 6.35. The van der Waals surface area contributed by atoms with E-state index in [0.717, 1.165) is 5.06 Å². The van der Waals surface area contributed by atoms with Crippen LogP contribution in [0.15, 0.2) is 24.3 Å². The van der Waals surface area contributed by atoms with Gasteiger partial charge in [0, 0.05) is 45.5 Å². The maximum Gasteiger partial charge on any atom is 0.513 e. The molecule has 0 saturated heterocycles. The van der Waals surface area contributed by atoms with Crippen molar-refractivity contribution < 1.29 is 52.4 Å². The van der Waals surface area contributed by atoms with Gasteiger partial charge in [0.15, 0.2) is 18.1 Å². The van der Waals surface area contributed by atoms with Crippen molar-refractivity contribution in [2.75, 3.05) is 73.1 Å². The zero-order chi connectivity index (χ0) is 30.4. The maximum absolute atomic E-state index is 12.8. The molecule has 226 valence electrons. The molecule has 2 N–H and O–H groups in total. The molecule has 2 amide bonds. The molecule has 2 rings (SSSR count). The predicted octanol–water partition coefficient (Wildman–Crippen LogP) is 2.50. The van der Waals surface area contributed by atoms with E-state index in [9.17, 15) is 19.2 Å². The molecule has 0 radical (unpaired) electrons. The molecule has 0 atom stereocenters. The number of carbonyl (C=O) groups is 4. The average molecular weight is 580 g/mol. The zero-order valence-electron chi connectivity index (χ0n) is 23.9. The molecular formula is C27H37N3O11. The van der Waals surface area contributed by atoms with Crippen LogP contribution in [0.5, 0.6) is 11.5 Å². The third-order valence-corrected chi connectivity index (χ3v) is 5.66. The summed E-state index contributed by atoms with van der Waals surface area (Å²) in [7, 11) is 4.47. The van der Waals surface area contributed by atoms with E-state index >= 15 is 0 Å². The summed E-state index contributed by atoms with van der Waals surface area (Å²) in [5.74, 6) is -0.910. The molecule has 0 aromatic rings. The van der Waals surface area contributed by atoms with Crippen molar-refractivity contribution >= 4 is 29.8 Å². The van der Waals surface area contributed by atoms with Crippen LogP contribution in [0.3, 0.4) is 0 Å². The van der Waals surface area contributed by atoms with E-state index in [1.807, 2.05) is 0 Å². The van der Waals surface area contributed by atoms with Crippen molar-refractivity contribution in [2.24, 2.45) is 0 Å². The molecule has 0 heterocycles. The molecule has 0 aromatic carbocycles. The molecular weight excluding hydrogens is 542 g/mol. The van der Waals surface area contributed by atoms with Crippen molar-refractivity contribution in [1.29, 1.82) is 0 Å². The van der Waals surface area contributed by atoms with E-state index in [1.165, 1.54) is 26.2 Å². The van der Waals surface area contributed by atoms with Gasteiger partial charge in [0.25, 0.3) is 5.91 Å². The number of ether oxygens (including phenoxy) is 6. The number of carbonyl (C=O) groups excluding carboxylic acids is 4. The highest BCUT2D eigenvalue weighted by atomic mass is 16.7. The van der Waals surface area contributed by atoms with Gasteiger partial charge in [0.05, 0.1) is 32.8 Å². The molecule has 2 aliphatic rings. The van der Waals surface area contributed by atoms with Gasteiger partial charge in [0.2, 0.25) is 5.91 Å². The smallest absolute Gasteiger partial charge is 0.434 e. The first kappa shape index (κ1) is 33.1. The summed E-state index contributed by atoms with van der Waals surface area (Å²) in [4.78, 5) is 56.4. The van der Waals surface area contributed by atoms with Crippen LogP contribution in [0.2, 0.25) is 0 Å². The summed E-state index contributed by atoms with van der Waals surface area (Å²) in [6.07, 6.45) is -2.09. The highest BCUT2D eigenvalue weighted by Gasteiger charge is 2.28. The second kappa shape index (κ2) is 16.8. The van der Waals surface area contributed by atoms with Crippen LogP contribution in [-0.2, 0) is 39.8 Å². The van der Waals surface area contributed by atoms with Gasteiger partial charge in [-0.25, -0.2) is 14.7 Å². The normalized spacial score (nSPS) is 10.7. The molecule has 14 nitrogen and oxygen atoms in total. The molecule has 0 spiro atoms. The minimum atomic E-state index is -0.994. The fourth-order valence-corrected chi connectivity index (χ4v) is 3.57. The number of methoxy groups -OCH3 is 2. The number of rotatable bonds is 15. The van der Waals surface area contributed by atoms with Crippen molar-refractivity contribution in [3.63, 3.8) is 0 Å². The Labute approximate surface area is 238 Å². The Balaban J connectivity index is 2.21. The first-order chi connectivity index (χ1) is 19.7. The second-order valence-electron chi connectivity index (χ2n) is 8.42. The number of hydroxylamine groups is 2. The summed E-state index contributed by atoms with van der Waals surface area (Å²) in [5, 5.41) is 0.984. The lowest BCUT2D eigenvalue weighted by Gasteiger charge is -2.23. The van der Waals surface area contributed by atoms with Crippen molar-refractivity contribution in [1.82, 2.24) is 9.96 Å². The minimum Gasteiger partial charge on any atom is -0.434 e. The molecule has 0 unspecified atom stereocenters. The third-order valence-electron chi connectivity index (χ3n) is 5.66. The van der Waals surface area contributed by atoms with Crippen molar-refractivity contribution in [3.05, 3.63) is 29.8 Å². The molecule has 2 aliphatic carbocycles. The van der Waals surface area contributed by atoms with Crippen LogP contribution >= 0.6 is 0 Å². The molecule has 14 heteroatoms. The number of nitrogens with zero attached hydrogens (tertiary/aromatic N) is 2. The minimum absolute atomic E-state index is 0.0725. The predicted molar refractivity (Wildman–Crippen MR) is 146 cm³/mol. The Morgan fingerprint density at radius 3 is 1.71 bits per heavy atom. The zero-order valence-corrected chi connectivity index (χ0v) is 23.9. The fraction of sp³-hybridized carbons (Fsp3) is 0.481. The Morgan fingerprint density at radius 1 is 0.780 bits per heavy atom. The monoisotopic (exact) mass is 579 g/mol. The summed E-state index contributed by atoms with van der Waals surface area (Å²) < 4.78 is 30.3. The SMILES string of the molecule is CCOC(=O)Oc1c2ccc(CC(=O)N(C)OCC(=O)N(CCOC)CCOC)ccc-2c(OC(=O)OCC)c1N. The number of amides is 2. The number of nitrogens with two attached hydrogens (primary N) is 1. The summed E-state index contributed by atoms with van der Waals surface area (Å²) in [5.41, 5.74) is 7.24. The molecule has 0 bridgehead atoms. The van der Waals surface area contributed by atoms with Crippen LogP contribution < -0.4 is 15.2 Å². The number of hydrogen-bond donors (Lipinski definition) is 1. The van der Waals surface area contributed by atoms with Crippen LogP contribution in [0.1, 0.15) is 19.4 Å². The third kappa shape index (κ3) is 9.77. The number of fused-ring (bicyclic) bond motifs is 1. The maximum atomic E-state index is 12.8. The summed E-state index contributed by atoms with van der Waals surface area (Å²) in [6.45, 7) is 4.41. The Bertz CT molecular complexity index is 1090. The van der Waals surface area contributed by atoms with E-state index in [2.05, 4.69) is 0 Å². The lowest BCUT2D eigenvalue weighted by atomic mass is 10.2. The van der Waals surface area contributed by atoms with Gasteiger partial charge in [-0.1, -0.05) is 24.3 Å². The number of hydrogen-bond acceptors (Lipinski definition) is 12. The van der Waals surface area contributed by atoms with Gasteiger partial charge in [-0.05, 0) is 19.4 Å². The highest BCUT2D eigenvalue weighted by molar-refractivity contribution is 5.95. The van der Waals surface area contributed by atoms with Gasteiger partial charge < -0.3 is 39.1 Å². The fourth-order valence-electron chi connectivity index (χ4n) is 3.57. The van der Waals surface area contributed by atoms with Crippen LogP contribution in [0.4, 0.5) is 15.3 Å². The summed E-state index contributed by atoms with van der Waals surface area (Å²) >= 11 is 0. The Kier molecular flexibility index (Phi) is 13.6. The molecule has 0 aromatic heterocycles. The van der Waals surface area contributed by atoms with E-state index in [-0.39, 0.29) is 49.3 Å². The quantitative estimate of drug-likeness (QED) is 0.242. The Morgan fingerprint density at radius 2 is 1.27 bits per heavy atom. The van der Waals surface area contributed by atoms with Crippen LogP contribution in [0.25, 0.3) is 11.1 Å². The Hall–Kier alpha value is -4.14. The van der Waals surface area contributed by atoms with E-state index in [1.54, 1.807) is 38.1 Å². The molecule has 41 heavy (non-hydrogen) atoms. The molecule has 0 aliphatic heterocycles. The molecule has 0 saturated carbocycles. The van der Waals surface area contributed by atoms with Crippen molar-refractivity contribution in [3.8, 4) is 22.6 Å². The van der Waals surface area contributed by atoms with E-state index < -0.39 is 18.2 Å². The topological polar surface area (TPSA) is 165 Å². The molecule has 0 fully saturated rings. The lowest BCUT2D eigenvalue weighted by Crippen LogP contribution is -2.41. The number of anilines is 1. The number of nitrogen functional groups attached to an aromatic ring is 1. The van der Waals surface area contributed by atoms with Crippen molar-refractivity contribution in [2.45, 2.75) is 20.3 Å².